The molecule has 0 saturated carbocycles. The molecule has 0 aliphatic heterocycles. The van der Waals surface area contributed by atoms with E-state index in [4.69, 9.17) is 4.74 Å². The van der Waals surface area contributed by atoms with Crippen molar-refractivity contribution in [3.8, 4) is 5.75 Å². The molecular weight excluding hydrogens is 453 g/mol. The van der Waals surface area contributed by atoms with Crippen molar-refractivity contribution in [3.05, 3.63) is 77.6 Å². The Bertz CT molecular complexity index is 1140. The number of hydrogen-bond acceptors (Lipinski definition) is 5. The second-order valence-electron chi connectivity index (χ2n) is 7.24. The average molecular weight is 477 g/mol. The highest BCUT2D eigenvalue weighted by Crippen LogP contribution is 2.34. The Hall–Kier alpha value is -3.27. The number of para-hydroxylation sites is 1. The van der Waals surface area contributed by atoms with Gasteiger partial charge in [0.15, 0.2) is 11.0 Å². The van der Waals surface area contributed by atoms with Gasteiger partial charge in [-0.2, -0.15) is 13.2 Å². The van der Waals surface area contributed by atoms with E-state index in [0.29, 0.717) is 17.5 Å². The summed E-state index contributed by atoms with van der Waals surface area (Å²) in [5, 5.41) is 11.0. The molecule has 3 rings (SSSR count). The number of benzene rings is 2. The fourth-order valence-electron chi connectivity index (χ4n) is 3.10. The van der Waals surface area contributed by atoms with Crippen molar-refractivity contribution in [1.82, 2.24) is 14.8 Å². The minimum Gasteiger partial charge on any atom is -0.485 e. The summed E-state index contributed by atoms with van der Waals surface area (Å²) < 4.78 is 47.0. The van der Waals surface area contributed by atoms with E-state index >= 15 is 0 Å². The minimum absolute atomic E-state index is 0.139. The van der Waals surface area contributed by atoms with Gasteiger partial charge in [0.1, 0.15) is 12.4 Å². The second kappa shape index (κ2) is 10.6. The molecule has 0 unspecified atom stereocenters. The Morgan fingerprint density at radius 3 is 2.67 bits per heavy atom. The molecule has 0 bridgehead atoms. The first kappa shape index (κ1) is 24.4. The standard InChI is InChI=1S/C23H23F3N4O2S/c1-4-11-30-20(13-32-19-10-9-15(2)12-16(19)3)28-29-22(30)33-14-21(31)27-18-8-6-5-7-17(18)23(24,25)26/h4-10,12H,1,11,13-14H2,2-3H3,(H,27,31). The SMILES string of the molecule is C=CCn1c(COc2ccc(C)cc2C)nnc1SCC(=O)Nc1ccccc1C(F)(F)F. The molecule has 33 heavy (non-hydrogen) atoms. The molecular formula is C23H23F3N4O2S. The molecule has 1 N–H and O–H groups in total. The fourth-order valence-corrected chi connectivity index (χ4v) is 3.87. The van der Waals surface area contributed by atoms with Crippen molar-refractivity contribution in [2.24, 2.45) is 0 Å². The normalized spacial score (nSPS) is 11.3. The zero-order chi connectivity index (χ0) is 24.0. The number of hydrogen-bond donors (Lipinski definition) is 1. The Morgan fingerprint density at radius 2 is 1.97 bits per heavy atom. The minimum atomic E-state index is -4.56. The summed E-state index contributed by atoms with van der Waals surface area (Å²) in [6.45, 7) is 8.23. The lowest BCUT2D eigenvalue weighted by molar-refractivity contribution is -0.137. The van der Waals surface area contributed by atoms with Gasteiger partial charge >= 0.3 is 6.18 Å². The summed E-state index contributed by atoms with van der Waals surface area (Å²) in [7, 11) is 0. The number of thioether (sulfide) groups is 1. The van der Waals surface area contributed by atoms with Crippen molar-refractivity contribution in [2.75, 3.05) is 11.1 Å². The number of amides is 1. The number of halogens is 3. The van der Waals surface area contributed by atoms with Crippen LogP contribution in [0.3, 0.4) is 0 Å². The molecule has 6 nitrogen and oxygen atoms in total. The predicted molar refractivity (Wildman–Crippen MR) is 121 cm³/mol. The number of ether oxygens (including phenoxy) is 1. The highest BCUT2D eigenvalue weighted by Gasteiger charge is 2.33. The Labute approximate surface area is 193 Å². The molecule has 0 fully saturated rings. The molecule has 0 aliphatic carbocycles. The number of carbonyl (C=O) groups is 1. The van der Waals surface area contributed by atoms with Crippen LogP contribution in [0.5, 0.6) is 5.75 Å². The number of anilines is 1. The van der Waals surface area contributed by atoms with E-state index in [9.17, 15) is 18.0 Å². The lowest BCUT2D eigenvalue weighted by Gasteiger charge is -2.13. The lowest BCUT2D eigenvalue weighted by Crippen LogP contribution is -2.18. The summed E-state index contributed by atoms with van der Waals surface area (Å²) in [6.07, 6.45) is -2.90. The molecule has 0 saturated heterocycles. The van der Waals surface area contributed by atoms with Gasteiger partial charge in [-0.25, -0.2) is 0 Å². The third-order valence-corrected chi connectivity index (χ3v) is 5.60. The van der Waals surface area contributed by atoms with Crippen LogP contribution in [-0.2, 0) is 24.1 Å². The van der Waals surface area contributed by atoms with Crippen LogP contribution in [0.15, 0.2) is 60.3 Å². The molecule has 3 aromatic rings. The van der Waals surface area contributed by atoms with Crippen molar-refractivity contribution < 1.29 is 22.7 Å². The first-order chi connectivity index (χ1) is 15.7. The molecule has 0 atom stereocenters. The van der Waals surface area contributed by atoms with E-state index in [1.54, 1.807) is 10.6 Å². The summed E-state index contributed by atoms with van der Waals surface area (Å²) in [5.41, 5.74) is 0.939. The van der Waals surface area contributed by atoms with Gasteiger partial charge in [-0.1, -0.05) is 47.7 Å². The number of aryl methyl sites for hydroxylation is 2. The number of allylic oxidation sites excluding steroid dienone is 1. The van der Waals surface area contributed by atoms with E-state index in [1.807, 2.05) is 32.0 Å². The zero-order valence-electron chi connectivity index (χ0n) is 18.1. The van der Waals surface area contributed by atoms with Crippen LogP contribution >= 0.6 is 11.8 Å². The van der Waals surface area contributed by atoms with Gasteiger partial charge in [-0.15, -0.1) is 16.8 Å². The van der Waals surface area contributed by atoms with Crippen molar-refractivity contribution in [1.29, 1.82) is 0 Å². The third kappa shape index (κ3) is 6.38. The molecule has 1 amide bonds. The molecule has 1 heterocycles. The summed E-state index contributed by atoms with van der Waals surface area (Å²) in [5.74, 6) is 0.545. The number of carbonyl (C=O) groups excluding carboxylic acids is 1. The summed E-state index contributed by atoms with van der Waals surface area (Å²) in [4.78, 5) is 12.3. The van der Waals surface area contributed by atoms with Crippen LogP contribution < -0.4 is 10.1 Å². The predicted octanol–water partition coefficient (Wildman–Crippen LogP) is 5.41. The van der Waals surface area contributed by atoms with E-state index in [1.165, 1.54) is 18.2 Å². The smallest absolute Gasteiger partial charge is 0.418 e. The quantitative estimate of drug-likeness (QED) is 0.330. The topological polar surface area (TPSA) is 69.0 Å². The number of nitrogens with zero attached hydrogens (tertiary/aromatic N) is 3. The van der Waals surface area contributed by atoms with Crippen LogP contribution in [0.1, 0.15) is 22.5 Å². The Balaban J connectivity index is 1.66. The number of nitrogens with one attached hydrogen (secondary N) is 1. The molecule has 1 aromatic heterocycles. The summed E-state index contributed by atoms with van der Waals surface area (Å²) >= 11 is 1.07. The van der Waals surface area contributed by atoms with Crippen LogP contribution in [-0.4, -0.2) is 26.4 Å². The van der Waals surface area contributed by atoms with Gasteiger partial charge in [0.05, 0.1) is 17.0 Å². The Kier molecular flexibility index (Phi) is 7.80. The number of alkyl halides is 3. The fraction of sp³-hybridized carbons (Fsp3) is 0.261. The van der Waals surface area contributed by atoms with Crippen molar-refractivity contribution in [2.45, 2.75) is 38.3 Å². The number of rotatable bonds is 9. The van der Waals surface area contributed by atoms with E-state index in [-0.39, 0.29) is 18.0 Å². The van der Waals surface area contributed by atoms with Gasteiger partial charge < -0.3 is 10.1 Å². The monoisotopic (exact) mass is 476 g/mol. The van der Waals surface area contributed by atoms with Gasteiger partial charge in [0.2, 0.25) is 5.91 Å². The van der Waals surface area contributed by atoms with Crippen LogP contribution in [0.25, 0.3) is 0 Å². The molecule has 0 radical (unpaired) electrons. The van der Waals surface area contributed by atoms with Gasteiger partial charge in [0.25, 0.3) is 0 Å². The van der Waals surface area contributed by atoms with E-state index in [0.717, 1.165) is 34.7 Å². The molecule has 10 heteroatoms. The van der Waals surface area contributed by atoms with Crippen LogP contribution in [0.4, 0.5) is 18.9 Å². The van der Waals surface area contributed by atoms with Crippen molar-refractivity contribution >= 4 is 23.4 Å². The number of aromatic nitrogens is 3. The molecule has 0 spiro atoms. The maximum atomic E-state index is 13.1. The van der Waals surface area contributed by atoms with E-state index < -0.39 is 17.6 Å². The second-order valence-corrected chi connectivity index (χ2v) is 8.18. The molecule has 0 aliphatic rings. The van der Waals surface area contributed by atoms with Gasteiger partial charge in [-0.05, 0) is 37.6 Å². The highest BCUT2D eigenvalue weighted by molar-refractivity contribution is 7.99. The Morgan fingerprint density at radius 1 is 1.21 bits per heavy atom. The van der Waals surface area contributed by atoms with Crippen LogP contribution in [0, 0.1) is 13.8 Å². The van der Waals surface area contributed by atoms with E-state index in [2.05, 4.69) is 22.1 Å². The summed E-state index contributed by atoms with van der Waals surface area (Å²) in [6, 6.07) is 10.7. The maximum absolute atomic E-state index is 13.1. The van der Waals surface area contributed by atoms with Crippen molar-refractivity contribution in [3.63, 3.8) is 0 Å². The maximum Gasteiger partial charge on any atom is 0.418 e. The first-order valence-corrected chi connectivity index (χ1v) is 11.0. The molecule has 2 aromatic carbocycles. The largest absolute Gasteiger partial charge is 0.485 e. The first-order valence-electron chi connectivity index (χ1n) is 10.0. The van der Waals surface area contributed by atoms with Gasteiger partial charge in [0, 0.05) is 6.54 Å². The average Bonchev–Trinajstić information content (AvgIpc) is 3.13. The molecule has 174 valence electrons. The zero-order valence-corrected chi connectivity index (χ0v) is 19.0. The van der Waals surface area contributed by atoms with Crippen LogP contribution in [0.2, 0.25) is 0 Å². The van der Waals surface area contributed by atoms with Gasteiger partial charge in [-0.3, -0.25) is 9.36 Å². The highest BCUT2D eigenvalue weighted by atomic mass is 32.2. The third-order valence-electron chi connectivity index (χ3n) is 4.63. The lowest BCUT2D eigenvalue weighted by atomic mass is 10.1.